The van der Waals surface area contributed by atoms with Crippen LogP contribution in [0.5, 0.6) is 0 Å². The summed E-state index contributed by atoms with van der Waals surface area (Å²) in [7, 11) is -6.85. The zero-order chi connectivity index (χ0) is 33.4. The molecule has 0 saturated carbocycles. The minimum Gasteiger partial charge on any atom is -0.345 e. The van der Waals surface area contributed by atoms with Gasteiger partial charge in [0.05, 0.1) is 21.8 Å². The van der Waals surface area contributed by atoms with E-state index < -0.39 is 31.1 Å². The van der Waals surface area contributed by atoms with E-state index in [4.69, 9.17) is 6.42 Å². The number of nitrogens with zero attached hydrogens (tertiary/aromatic N) is 2. The van der Waals surface area contributed by atoms with E-state index in [0.29, 0.717) is 19.4 Å². The average molecular weight is 655 g/mol. The molecule has 2 aromatic rings. The first-order chi connectivity index (χ1) is 20.9. The number of benzene rings is 2. The second-order valence-electron chi connectivity index (χ2n) is 12.4. The number of unbranched alkanes of at least 4 members (excludes halogenated alkanes) is 2. The van der Waals surface area contributed by atoms with E-state index >= 15 is 0 Å². The smallest absolute Gasteiger partial charge is 0.294 e. The number of allylic oxidation sites excluding steroid dienone is 4. The summed E-state index contributed by atoms with van der Waals surface area (Å²) in [6, 6.07) is 9.20. The fourth-order valence-electron chi connectivity index (χ4n) is 6.23. The van der Waals surface area contributed by atoms with Gasteiger partial charge in [0, 0.05) is 47.5 Å². The van der Waals surface area contributed by atoms with Gasteiger partial charge in [0.1, 0.15) is 7.05 Å². The third kappa shape index (κ3) is 6.92. The van der Waals surface area contributed by atoms with Crippen LogP contribution in [-0.4, -0.2) is 62.3 Å². The molecule has 0 aliphatic carbocycles. The molecular weight excluding hydrogens is 615 g/mol. The fraction of sp³-hybridized carbons (Fsp3) is 0.394. The Kier molecular flexibility index (Phi) is 9.52. The van der Waals surface area contributed by atoms with Gasteiger partial charge in [-0.25, -0.2) is 0 Å². The molecule has 2 aliphatic heterocycles. The summed E-state index contributed by atoms with van der Waals surface area (Å²) in [5.41, 5.74) is 3.89. The van der Waals surface area contributed by atoms with Crippen molar-refractivity contribution < 1.29 is 35.3 Å². The van der Waals surface area contributed by atoms with Crippen LogP contribution in [0.2, 0.25) is 0 Å². The summed E-state index contributed by atoms with van der Waals surface area (Å²) in [5, 5.41) is 2.67. The predicted molar refractivity (Wildman–Crippen MR) is 174 cm³/mol. The van der Waals surface area contributed by atoms with E-state index in [9.17, 15) is 30.7 Å². The molecule has 0 fully saturated rings. The normalized spacial score (nSPS) is 17.9. The lowest BCUT2D eigenvalue weighted by Gasteiger charge is -2.27. The van der Waals surface area contributed by atoms with Gasteiger partial charge in [0.15, 0.2) is 5.71 Å². The molecule has 2 heterocycles. The minimum absolute atomic E-state index is 0.0854. The number of amides is 1. The molecule has 240 valence electrons. The molecule has 1 amide bonds. The van der Waals surface area contributed by atoms with Gasteiger partial charge in [0.25, 0.3) is 20.2 Å². The molecule has 0 bridgehead atoms. The molecular formula is C33H40N3O7S2+. The van der Waals surface area contributed by atoms with Crippen molar-refractivity contribution in [2.24, 2.45) is 0 Å². The molecule has 0 aromatic heterocycles. The number of fused-ring (bicyclic) bond motifs is 2. The fourth-order valence-corrected chi connectivity index (χ4v) is 7.25. The summed E-state index contributed by atoms with van der Waals surface area (Å²) in [5.74, 6) is 2.30. The van der Waals surface area contributed by atoms with E-state index in [1.54, 1.807) is 12.1 Å². The Morgan fingerprint density at radius 2 is 1.58 bits per heavy atom. The number of nitrogens with one attached hydrogen (secondary N) is 1. The molecule has 0 atom stereocenters. The first-order valence-electron chi connectivity index (χ1n) is 14.6. The molecule has 2 aromatic carbocycles. The summed E-state index contributed by atoms with van der Waals surface area (Å²) < 4.78 is 68.9. The van der Waals surface area contributed by atoms with Crippen LogP contribution in [0.25, 0.3) is 0 Å². The summed E-state index contributed by atoms with van der Waals surface area (Å²) in [4.78, 5) is 13.7. The van der Waals surface area contributed by atoms with Gasteiger partial charge in [-0.1, -0.05) is 32.3 Å². The van der Waals surface area contributed by atoms with Crippen LogP contribution < -0.4 is 10.2 Å². The Morgan fingerprint density at radius 1 is 0.956 bits per heavy atom. The Bertz CT molecular complexity index is 1880. The Labute approximate surface area is 266 Å². The highest BCUT2D eigenvalue weighted by molar-refractivity contribution is 7.86. The van der Waals surface area contributed by atoms with Gasteiger partial charge >= 0.3 is 0 Å². The molecule has 3 N–H and O–H groups in total. The maximum Gasteiger partial charge on any atom is 0.294 e. The molecule has 4 rings (SSSR count). The molecule has 10 nitrogen and oxygen atoms in total. The Balaban J connectivity index is 1.64. The molecule has 2 aliphatic rings. The average Bonchev–Trinajstić information content (AvgIpc) is 3.28. The standard InChI is InChI=1S/C33H39N3O7S2/c1-7-19-34-31(37)14-9-8-10-20-36-28-18-16-24(45(41,42)43)22-26(28)33(4,5)30(36)13-11-12-29-32(2,3)25-21-23(44(38,39)40)15-17-27(25)35(29)6/h1,11-13,15-18,21-22H,8-10,14,19-20H2,2-6H3,(H2-,34,37,38,39,40,41,42,43)/p+1. The Morgan fingerprint density at radius 3 is 2.20 bits per heavy atom. The van der Waals surface area contributed by atoms with Crippen molar-refractivity contribution in [1.82, 2.24) is 5.32 Å². The van der Waals surface area contributed by atoms with Crippen molar-refractivity contribution in [3.8, 4) is 12.3 Å². The topological polar surface area (TPSA) is 144 Å². The maximum atomic E-state index is 12.0. The zero-order valence-electron chi connectivity index (χ0n) is 26.2. The number of rotatable bonds is 11. The van der Waals surface area contributed by atoms with Gasteiger partial charge in [-0.3, -0.25) is 13.9 Å². The van der Waals surface area contributed by atoms with E-state index in [2.05, 4.69) is 16.1 Å². The van der Waals surface area contributed by atoms with Gasteiger partial charge in [-0.15, -0.1) is 6.42 Å². The van der Waals surface area contributed by atoms with Crippen LogP contribution in [0.15, 0.2) is 70.1 Å². The maximum absolute atomic E-state index is 12.0. The zero-order valence-corrected chi connectivity index (χ0v) is 27.8. The predicted octanol–water partition coefficient (Wildman–Crippen LogP) is 4.73. The van der Waals surface area contributed by atoms with Gasteiger partial charge < -0.3 is 10.2 Å². The van der Waals surface area contributed by atoms with Crippen molar-refractivity contribution in [3.63, 3.8) is 0 Å². The highest BCUT2D eigenvalue weighted by Gasteiger charge is 2.44. The molecule has 0 unspecified atom stereocenters. The monoisotopic (exact) mass is 654 g/mol. The third-order valence-electron chi connectivity index (χ3n) is 8.64. The molecule has 0 saturated heterocycles. The van der Waals surface area contributed by atoms with Crippen LogP contribution in [0.4, 0.5) is 11.4 Å². The van der Waals surface area contributed by atoms with E-state index in [0.717, 1.165) is 46.8 Å². The molecule has 0 radical (unpaired) electrons. The number of hydrogen-bond donors (Lipinski definition) is 3. The number of terminal acetylenes is 1. The number of carbonyl (C=O) groups excluding carboxylic acids is 1. The van der Waals surface area contributed by atoms with Crippen LogP contribution in [-0.2, 0) is 35.9 Å². The van der Waals surface area contributed by atoms with Crippen LogP contribution in [0.1, 0.15) is 64.5 Å². The van der Waals surface area contributed by atoms with Gasteiger partial charge in [-0.05, 0) is 68.7 Å². The number of hydrogen-bond acceptors (Lipinski definition) is 6. The van der Waals surface area contributed by atoms with Crippen molar-refractivity contribution >= 4 is 43.2 Å². The van der Waals surface area contributed by atoms with E-state index in [1.807, 2.05) is 57.5 Å². The van der Waals surface area contributed by atoms with Gasteiger partial charge in [0.2, 0.25) is 11.6 Å². The van der Waals surface area contributed by atoms with Crippen LogP contribution in [0.3, 0.4) is 0 Å². The molecule has 12 heteroatoms. The van der Waals surface area contributed by atoms with Crippen LogP contribution >= 0.6 is 0 Å². The number of carbonyl (C=O) groups is 1. The summed E-state index contributed by atoms with van der Waals surface area (Å²) >= 11 is 0. The quantitative estimate of drug-likeness (QED) is 0.137. The second kappa shape index (κ2) is 12.6. The number of anilines is 1. The second-order valence-corrected chi connectivity index (χ2v) is 15.2. The lowest BCUT2D eigenvalue weighted by molar-refractivity contribution is -0.401. The largest absolute Gasteiger partial charge is 0.345 e. The van der Waals surface area contributed by atoms with Crippen LogP contribution in [0, 0.1) is 12.3 Å². The lowest BCUT2D eigenvalue weighted by Crippen LogP contribution is -2.28. The first-order valence-corrected chi connectivity index (χ1v) is 17.5. The molecule has 0 spiro atoms. The highest BCUT2D eigenvalue weighted by atomic mass is 32.2. The SMILES string of the molecule is C#CCNC(=O)CCCCCN1/C(=C/C=C\C2=[N+](C)c3ccc(S(=O)(=O)O)cc3C2(C)C)C(C)(C)c2cc(S(=O)(=O)O)ccc21. The van der Waals surface area contributed by atoms with Crippen molar-refractivity contribution in [1.29, 1.82) is 0 Å². The summed E-state index contributed by atoms with van der Waals surface area (Å²) in [6.07, 6.45) is 13.7. The highest BCUT2D eigenvalue weighted by Crippen LogP contribution is 2.48. The van der Waals surface area contributed by atoms with Crippen molar-refractivity contribution in [2.75, 3.05) is 25.0 Å². The minimum atomic E-state index is -4.40. The summed E-state index contributed by atoms with van der Waals surface area (Å²) in [6.45, 7) is 8.80. The van der Waals surface area contributed by atoms with E-state index in [-0.39, 0.29) is 22.2 Å². The van der Waals surface area contributed by atoms with Crippen molar-refractivity contribution in [3.05, 3.63) is 71.5 Å². The third-order valence-corrected chi connectivity index (χ3v) is 10.3. The lowest BCUT2D eigenvalue weighted by atomic mass is 9.81. The first kappa shape index (κ1) is 34.1. The molecule has 45 heavy (non-hydrogen) atoms. The Hall–Kier alpha value is -3.76. The van der Waals surface area contributed by atoms with Gasteiger partial charge in [-0.2, -0.15) is 21.4 Å². The van der Waals surface area contributed by atoms with Crippen molar-refractivity contribution in [2.45, 2.75) is 74.0 Å². The van der Waals surface area contributed by atoms with E-state index in [1.165, 1.54) is 24.3 Å².